The molecule has 6 unspecified atom stereocenters. The normalized spacial score (nSPS) is 37.8. The number of alkyl halides is 3. The lowest BCUT2D eigenvalue weighted by Crippen LogP contribution is -2.57. The number of nitrogens with one attached hydrogen (secondary N) is 2. The van der Waals surface area contributed by atoms with Gasteiger partial charge in [0.05, 0.1) is 18.4 Å². The Kier molecular flexibility index (Phi) is 4.71. The van der Waals surface area contributed by atoms with E-state index in [0.717, 1.165) is 30.9 Å². The second kappa shape index (κ2) is 7.00. The molecule has 0 aromatic carbocycles. The first-order valence-electron chi connectivity index (χ1n) is 10.9. The second-order valence-corrected chi connectivity index (χ2v) is 9.78. The first kappa shape index (κ1) is 20.9. The molecule has 1 aliphatic heterocycles. The van der Waals surface area contributed by atoms with Gasteiger partial charge in [0.1, 0.15) is 12.0 Å². The molecule has 6 nitrogen and oxygen atoms in total. The van der Waals surface area contributed by atoms with Gasteiger partial charge in [0.15, 0.2) is 0 Å². The topological polar surface area (TPSA) is 75.7 Å². The molecule has 6 atom stereocenters. The van der Waals surface area contributed by atoms with Crippen LogP contribution in [0, 0.1) is 17.3 Å². The molecule has 0 spiro atoms. The zero-order chi connectivity index (χ0) is 22.0. The molecule has 3 heterocycles. The zero-order valence-corrected chi connectivity index (χ0v) is 17.9. The largest absolute Gasteiger partial charge is 0.433 e. The highest BCUT2D eigenvalue weighted by Crippen LogP contribution is 2.79. The molecule has 168 valence electrons. The van der Waals surface area contributed by atoms with Gasteiger partial charge in [0.25, 0.3) is 0 Å². The summed E-state index contributed by atoms with van der Waals surface area (Å²) in [6.07, 6.45) is -0.258. The third-order valence-electron chi connectivity index (χ3n) is 7.95. The number of H-pyrrole nitrogens is 1. The van der Waals surface area contributed by atoms with Crippen LogP contribution in [0.1, 0.15) is 56.6 Å². The summed E-state index contributed by atoms with van der Waals surface area (Å²) in [5, 5.41) is 10.8. The van der Waals surface area contributed by atoms with Crippen LogP contribution in [0.4, 0.5) is 13.2 Å². The molecule has 2 N–H and O–H groups in total. The van der Waals surface area contributed by atoms with Gasteiger partial charge >= 0.3 is 6.18 Å². The van der Waals surface area contributed by atoms with Gasteiger partial charge in [-0.1, -0.05) is 13.8 Å². The van der Waals surface area contributed by atoms with Crippen LogP contribution in [0.15, 0.2) is 24.7 Å². The van der Waals surface area contributed by atoms with Gasteiger partial charge in [-0.05, 0) is 49.1 Å². The molecule has 31 heavy (non-hydrogen) atoms. The van der Waals surface area contributed by atoms with Crippen molar-refractivity contribution in [2.45, 2.75) is 63.3 Å². The summed E-state index contributed by atoms with van der Waals surface area (Å²) in [5.74, 6) is 0.712. The molecular formula is C22H28F3N5O. The third kappa shape index (κ3) is 3.03. The number of hydrogen-bond acceptors (Lipinski definition) is 5. The average molecular weight is 435 g/mol. The van der Waals surface area contributed by atoms with E-state index in [0.29, 0.717) is 30.7 Å². The first-order valence-corrected chi connectivity index (χ1v) is 10.9. The Bertz CT molecular complexity index is 941. The van der Waals surface area contributed by atoms with Crippen LogP contribution in [0.5, 0.6) is 0 Å². The van der Waals surface area contributed by atoms with E-state index in [-0.39, 0.29) is 23.5 Å². The molecule has 1 saturated heterocycles. The fourth-order valence-electron chi connectivity index (χ4n) is 6.54. The summed E-state index contributed by atoms with van der Waals surface area (Å²) in [4.78, 5) is 7.98. The summed E-state index contributed by atoms with van der Waals surface area (Å²) in [7, 11) is 0. The van der Waals surface area contributed by atoms with Crippen molar-refractivity contribution < 1.29 is 17.9 Å². The van der Waals surface area contributed by atoms with E-state index in [4.69, 9.17) is 4.74 Å². The SMILES string of the molecule is CC1COC(C2(c3cc(C(F)(F)F)ncn3)CC3CC3(C(C)C)C2c2ccn[nH]2)CN1. The van der Waals surface area contributed by atoms with Crippen LogP contribution in [0.2, 0.25) is 0 Å². The minimum atomic E-state index is -4.53. The minimum absolute atomic E-state index is 0.0116. The summed E-state index contributed by atoms with van der Waals surface area (Å²) in [5.41, 5.74) is -0.249. The molecule has 5 rings (SSSR count). The Labute approximate surface area is 179 Å². The monoisotopic (exact) mass is 435 g/mol. The molecule has 9 heteroatoms. The molecule has 2 aromatic heterocycles. The fourth-order valence-corrected chi connectivity index (χ4v) is 6.54. The number of halogens is 3. The lowest BCUT2D eigenvalue weighted by molar-refractivity contribution is -0.141. The third-order valence-corrected chi connectivity index (χ3v) is 7.95. The number of aromatic amines is 1. The lowest BCUT2D eigenvalue weighted by atomic mass is 9.61. The van der Waals surface area contributed by atoms with Crippen molar-refractivity contribution in [3.63, 3.8) is 0 Å². The van der Waals surface area contributed by atoms with E-state index in [1.807, 2.05) is 13.0 Å². The Hall–Kier alpha value is -2.00. The van der Waals surface area contributed by atoms with E-state index >= 15 is 0 Å². The number of hydrogen-bond donors (Lipinski definition) is 2. The number of rotatable bonds is 4. The van der Waals surface area contributed by atoms with E-state index < -0.39 is 17.3 Å². The summed E-state index contributed by atoms with van der Waals surface area (Å²) >= 11 is 0. The number of fused-ring (bicyclic) bond motifs is 1. The van der Waals surface area contributed by atoms with Gasteiger partial charge in [-0.25, -0.2) is 9.97 Å². The van der Waals surface area contributed by atoms with Gasteiger partial charge in [-0.3, -0.25) is 5.10 Å². The summed E-state index contributed by atoms with van der Waals surface area (Å²) in [6, 6.07) is 3.29. The van der Waals surface area contributed by atoms with Crippen LogP contribution < -0.4 is 5.32 Å². The molecule has 3 fully saturated rings. The van der Waals surface area contributed by atoms with Crippen molar-refractivity contribution in [1.29, 1.82) is 0 Å². The first-order chi connectivity index (χ1) is 14.7. The van der Waals surface area contributed by atoms with Crippen molar-refractivity contribution in [2.24, 2.45) is 17.3 Å². The molecule has 0 bridgehead atoms. The smallest absolute Gasteiger partial charge is 0.374 e. The molecule has 2 aliphatic carbocycles. The maximum Gasteiger partial charge on any atom is 0.433 e. The second-order valence-electron chi connectivity index (χ2n) is 9.78. The average Bonchev–Trinajstić information content (AvgIpc) is 3.09. The van der Waals surface area contributed by atoms with Crippen LogP contribution in [-0.2, 0) is 16.3 Å². The van der Waals surface area contributed by atoms with E-state index in [1.54, 1.807) is 6.20 Å². The standard InChI is InChI=1S/C22H28F3N5O/c1-12(2)20-7-14(20)8-21(18-9-26-13(3)10-31-18,19(20)15-4-5-29-30-15)16-6-17(22(23,24)25)28-11-27-16/h4-6,11-14,18-19,26H,7-10H2,1-3H3,(H,29,30). The number of ether oxygens (including phenoxy) is 1. The highest BCUT2D eigenvalue weighted by molar-refractivity contribution is 5.41. The highest BCUT2D eigenvalue weighted by Gasteiger charge is 2.75. The maximum absolute atomic E-state index is 13.6. The predicted octanol–water partition coefficient (Wildman–Crippen LogP) is 3.68. The maximum atomic E-state index is 13.6. The van der Waals surface area contributed by atoms with E-state index in [2.05, 4.69) is 39.3 Å². The van der Waals surface area contributed by atoms with Crippen molar-refractivity contribution in [3.8, 4) is 0 Å². The Morgan fingerprint density at radius 3 is 2.65 bits per heavy atom. The highest BCUT2D eigenvalue weighted by atomic mass is 19.4. The van der Waals surface area contributed by atoms with Gasteiger partial charge in [0, 0.05) is 35.8 Å². The molecule has 2 aromatic rings. The van der Waals surface area contributed by atoms with Gasteiger partial charge in [0.2, 0.25) is 0 Å². The zero-order valence-electron chi connectivity index (χ0n) is 17.9. The quantitative estimate of drug-likeness (QED) is 0.766. The fraction of sp³-hybridized carbons (Fsp3) is 0.682. The van der Waals surface area contributed by atoms with Crippen molar-refractivity contribution >= 4 is 0 Å². The van der Waals surface area contributed by atoms with Crippen molar-refractivity contribution in [3.05, 3.63) is 41.7 Å². The molecule has 0 radical (unpaired) electrons. The Balaban J connectivity index is 1.70. The van der Waals surface area contributed by atoms with Crippen LogP contribution in [0.25, 0.3) is 0 Å². The van der Waals surface area contributed by atoms with Crippen molar-refractivity contribution in [1.82, 2.24) is 25.5 Å². The Morgan fingerprint density at radius 1 is 1.23 bits per heavy atom. The van der Waals surface area contributed by atoms with Crippen LogP contribution >= 0.6 is 0 Å². The molecule has 0 amide bonds. The van der Waals surface area contributed by atoms with Gasteiger partial charge in [-0.2, -0.15) is 18.3 Å². The van der Waals surface area contributed by atoms with Gasteiger partial charge < -0.3 is 10.1 Å². The van der Waals surface area contributed by atoms with Crippen LogP contribution in [-0.4, -0.2) is 45.5 Å². The number of aromatic nitrogens is 4. The Morgan fingerprint density at radius 2 is 2.03 bits per heavy atom. The lowest BCUT2D eigenvalue weighted by Gasteiger charge is -2.48. The summed E-state index contributed by atoms with van der Waals surface area (Å²) in [6.45, 7) is 7.55. The molecule has 3 aliphatic rings. The van der Waals surface area contributed by atoms with E-state index in [9.17, 15) is 13.2 Å². The van der Waals surface area contributed by atoms with Crippen molar-refractivity contribution in [2.75, 3.05) is 13.2 Å². The molecule has 2 saturated carbocycles. The minimum Gasteiger partial charge on any atom is -0.374 e. The van der Waals surface area contributed by atoms with Crippen LogP contribution in [0.3, 0.4) is 0 Å². The number of nitrogens with zero attached hydrogens (tertiary/aromatic N) is 3. The predicted molar refractivity (Wildman–Crippen MR) is 107 cm³/mol. The van der Waals surface area contributed by atoms with E-state index in [1.165, 1.54) is 0 Å². The number of morpholine rings is 1. The van der Waals surface area contributed by atoms with Gasteiger partial charge in [-0.15, -0.1) is 0 Å². The summed E-state index contributed by atoms with van der Waals surface area (Å²) < 4.78 is 47.1. The molecular weight excluding hydrogens is 407 g/mol.